The van der Waals surface area contributed by atoms with Gasteiger partial charge in [-0.15, -0.1) is 12.4 Å². The molecule has 1 atom stereocenters. The average molecular weight is 325 g/mol. The molecule has 0 radical (unpaired) electrons. The van der Waals surface area contributed by atoms with Crippen molar-refractivity contribution in [1.29, 1.82) is 0 Å². The van der Waals surface area contributed by atoms with Crippen molar-refractivity contribution in [3.8, 4) is 0 Å². The smallest absolute Gasteiger partial charge is 0.396 e. The first-order valence-electron chi connectivity index (χ1n) is 6.76. The van der Waals surface area contributed by atoms with E-state index in [0.717, 1.165) is 19.2 Å². The van der Waals surface area contributed by atoms with Crippen LogP contribution in [-0.2, 0) is 6.18 Å². The van der Waals surface area contributed by atoms with Crippen LogP contribution in [-0.4, -0.2) is 42.8 Å². The first-order valence-corrected chi connectivity index (χ1v) is 6.76. The minimum absolute atomic E-state index is 0. The Bertz CT molecular complexity index is 436. The van der Waals surface area contributed by atoms with Crippen LogP contribution in [0.4, 0.5) is 13.2 Å². The van der Waals surface area contributed by atoms with Gasteiger partial charge in [0.2, 0.25) is 0 Å². The lowest BCUT2D eigenvalue weighted by molar-refractivity contribution is -0.138. The first-order chi connectivity index (χ1) is 9.54. The summed E-state index contributed by atoms with van der Waals surface area (Å²) in [5, 5.41) is 12.4. The number of nitrogens with zero attached hydrogens (tertiary/aromatic N) is 1. The van der Waals surface area contributed by atoms with Crippen LogP contribution in [0, 0.1) is 0 Å². The summed E-state index contributed by atoms with van der Waals surface area (Å²) in [6.07, 6.45) is -4.05. The number of rotatable bonds is 4. The van der Waals surface area contributed by atoms with Gasteiger partial charge in [-0.25, -0.2) is 0 Å². The molecular formula is C14H20ClF3N2O. The molecule has 2 N–H and O–H groups in total. The van der Waals surface area contributed by atoms with Gasteiger partial charge in [0.1, 0.15) is 0 Å². The Morgan fingerprint density at radius 2 is 1.81 bits per heavy atom. The molecule has 0 spiro atoms. The molecule has 120 valence electrons. The molecule has 2 rings (SSSR count). The van der Waals surface area contributed by atoms with Gasteiger partial charge in [0, 0.05) is 38.8 Å². The number of nitrogens with one attached hydrogen (secondary N) is 1. The zero-order valence-electron chi connectivity index (χ0n) is 11.6. The van der Waals surface area contributed by atoms with Crippen LogP contribution in [0.25, 0.3) is 0 Å². The van der Waals surface area contributed by atoms with E-state index in [1.165, 1.54) is 12.1 Å². The Labute approximate surface area is 128 Å². The second-order valence-electron chi connectivity index (χ2n) is 4.90. The van der Waals surface area contributed by atoms with Crippen LogP contribution < -0.4 is 5.32 Å². The lowest BCUT2D eigenvalue weighted by Crippen LogP contribution is -2.45. The number of benzene rings is 1. The van der Waals surface area contributed by atoms with Crippen molar-refractivity contribution in [2.24, 2.45) is 0 Å². The van der Waals surface area contributed by atoms with Crippen molar-refractivity contribution in [2.45, 2.75) is 18.6 Å². The van der Waals surface area contributed by atoms with E-state index in [-0.39, 0.29) is 30.6 Å². The van der Waals surface area contributed by atoms with Crippen LogP contribution in [0.5, 0.6) is 0 Å². The summed E-state index contributed by atoms with van der Waals surface area (Å²) in [7, 11) is 0. The van der Waals surface area contributed by atoms with Gasteiger partial charge in [-0.05, 0) is 18.1 Å². The molecule has 0 bridgehead atoms. The SMILES string of the molecule is Cl.OCC[C@@H](c1ccccc1C(F)(F)F)N1CCNCC1. The Morgan fingerprint density at radius 3 is 2.38 bits per heavy atom. The summed E-state index contributed by atoms with van der Waals surface area (Å²) in [5.74, 6) is 0. The fraction of sp³-hybridized carbons (Fsp3) is 0.571. The first kappa shape index (κ1) is 18.2. The molecule has 1 aromatic carbocycles. The molecule has 1 saturated heterocycles. The summed E-state index contributed by atoms with van der Waals surface area (Å²) in [6, 6.07) is 5.27. The zero-order chi connectivity index (χ0) is 14.6. The monoisotopic (exact) mass is 324 g/mol. The van der Waals surface area contributed by atoms with Crippen LogP contribution in [0.2, 0.25) is 0 Å². The largest absolute Gasteiger partial charge is 0.416 e. The fourth-order valence-corrected chi connectivity index (χ4v) is 2.70. The fourth-order valence-electron chi connectivity index (χ4n) is 2.70. The quantitative estimate of drug-likeness (QED) is 0.893. The van der Waals surface area contributed by atoms with Gasteiger partial charge < -0.3 is 10.4 Å². The Hall–Kier alpha value is -0.820. The minimum atomic E-state index is -4.36. The van der Waals surface area contributed by atoms with Crippen molar-refractivity contribution < 1.29 is 18.3 Å². The Kier molecular flexibility index (Phi) is 6.93. The highest BCUT2D eigenvalue weighted by molar-refractivity contribution is 5.85. The summed E-state index contributed by atoms with van der Waals surface area (Å²) in [5.41, 5.74) is -0.340. The highest BCUT2D eigenvalue weighted by Crippen LogP contribution is 2.37. The molecule has 3 nitrogen and oxygen atoms in total. The van der Waals surface area contributed by atoms with Gasteiger partial charge in [0.25, 0.3) is 0 Å². The maximum Gasteiger partial charge on any atom is 0.416 e. The van der Waals surface area contributed by atoms with E-state index < -0.39 is 11.7 Å². The minimum Gasteiger partial charge on any atom is -0.396 e. The van der Waals surface area contributed by atoms with Crippen LogP contribution >= 0.6 is 12.4 Å². The van der Waals surface area contributed by atoms with Gasteiger partial charge in [0.15, 0.2) is 0 Å². The molecule has 0 aromatic heterocycles. The molecule has 1 aliphatic heterocycles. The lowest BCUT2D eigenvalue weighted by Gasteiger charge is -2.36. The summed E-state index contributed by atoms with van der Waals surface area (Å²) in [6.45, 7) is 2.78. The second kappa shape index (κ2) is 7.98. The summed E-state index contributed by atoms with van der Waals surface area (Å²) >= 11 is 0. The standard InChI is InChI=1S/C14H19F3N2O.ClH/c15-14(16,17)12-4-2-1-3-11(12)13(5-10-20)19-8-6-18-7-9-19;/h1-4,13,18,20H,5-10H2;1H/t13-;/m0./s1. The van der Waals surface area contributed by atoms with E-state index in [9.17, 15) is 18.3 Å². The van der Waals surface area contributed by atoms with Crippen LogP contribution in [0.1, 0.15) is 23.6 Å². The number of halogens is 4. The van der Waals surface area contributed by atoms with E-state index in [1.54, 1.807) is 6.07 Å². The van der Waals surface area contributed by atoms with E-state index in [2.05, 4.69) is 5.32 Å². The van der Waals surface area contributed by atoms with Gasteiger partial charge >= 0.3 is 6.18 Å². The topological polar surface area (TPSA) is 35.5 Å². The average Bonchev–Trinajstić information content (AvgIpc) is 2.45. The maximum absolute atomic E-state index is 13.1. The summed E-state index contributed by atoms with van der Waals surface area (Å²) in [4.78, 5) is 2.01. The highest BCUT2D eigenvalue weighted by atomic mass is 35.5. The molecule has 0 saturated carbocycles. The van der Waals surface area contributed by atoms with Crippen molar-refractivity contribution in [1.82, 2.24) is 10.2 Å². The van der Waals surface area contributed by atoms with Gasteiger partial charge in [-0.3, -0.25) is 4.90 Å². The molecule has 0 aliphatic carbocycles. The molecule has 1 aromatic rings. The third-order valence-corrected chi connectivity index (χ3v) is 3.62. The number of aliphatic hydroxyl groups is 1. The van der Waals surface area contributed by atoms with E-state index in [4.69, 9.17) is 0 Å². The number of aliphatic hydroxyl groups excluding tert-OH is 1. The van der Waals surface area contributed by atoms with Crippen molar-refractivity contribution in [2.75, 3.05) is 32.8 Å². The highest BCUT2D eigenvalue weighted by Gasteiger charge is 2.36. The number of hydrogen-bond donors (Lipinski definition) is 2. The third-order valence-electron chi connectivity index (χ3n) is 3.62. The predicted molar refractivity (Wildman–Crippen MR) is 77.6 cm³/mol. The van der Waals surface area contributed by atoms with Gasteiger partial charge in [-0.1, -0.05) is 18.2 Å². The number of piperazine rings is 1. The normalized spacial score (nSPS) is 18.1. The van der Waals surface area contributed by atoms with Crippen molar-refractivity contribution in [3.05, 3.63) is 35.4 Å². The Morgan fingerprint density at radius 1 is 1.19 bits per heavy atom. The van der Waals surface area contributed by atoms with Gasteiger partial charge in [0.05, 0.1) is 5.56 Å². The zero-order valence-corrected chi connectivity index (χ0v) is 12.4. The van der Waals surface area contributed by atoms with Crippen molar-refractivity contribution >= 4 is 12.4 Å². The third kappa shape index (κ3) is 4.57. The molecule has 1 heterocycles. The predicted octanol–water partition coefficient (Wildman–Crippen LogP) is 2.46. The van der Waals surface area contributed by atoms with Crippen LogP contribution in [0.3, 0.4) is 0 Å². The summed E-state index contributed by atoms with van der Waals surface area (Å²) < 4.78 is 39.4. The lowest BCUT2D eigenvalue weighted by atomic mass is 9.96. The van der Waals surface area contributed by atoms with Crippen LogP contribution in [0.15, 0.2) is 24.3 Å². The number of hydrogen-bond acceptors (Lipinski definition) is 3. The van der Waals surface area contributed by atoms with E-state index in [0.29, 0.717) is 19.5 Å². The maximum atomic E-state index is 13.1. The van der Waals surface area contributed by atoms with Crippen molar-refractivity contribution in [3.63, 3.8) is 0 Å². The second-order valence-corrected chi connectivity index (χ2v) is 4.90. The van der Waals surface area contributed by atoms with Gasteiger partial charge in [-0.2, -0.15) is 13.2 Å². The molecule has 0 unspecified atom stereocenters. The van der Waals surface area contributed by atoms with E-state index in [1.807, 2.05) is 4.90 Å². The number of alkyl halides is 3. The molecule has 7 heteroatoms. The molecule has 21 heavy (non-hydrogen) atoms. The molecule has 1 aliphatic rings. The molecule has 1 fully saturated rings. The van der Waals surface area contributed by atoms with E-state index >= 15 is 0 Å². The molecular weight excluding hydrogens is 305 g/mol. The molecule has 0 amide bonds. The Balaban J connectivity index is 0.00000220.